The molecule has 4 rings (SSSR count). The molecule has 0 spiro atoms. The van der Waals surface area contributed by atoms with Gasteiger partial charge in [0.2, 0.25) is 0 Å². The summed E-state index contributed by atoms with van der Waals surface area (Å²) in [5.74, 6) is -2.04. The first-order chi connectivity index (χ1) is 17.0. The van der Waals surface area contributed by atoms with Gasteiger partial charge in [-0.2, -0.15) is 13.2 Å². The molecular weight excluding hydrogens is 497 g/mol. The Morgan fingerprint density at radius 3 is 2.28 bits per heavy atom. The number of carbonyl (C=O) groups is 3. The Hall–Kier alpha value is -4.11. The maximum absolute atomic E-state index is 13.1. The SMILES string of the molecule is Cc1ccc(OC(=O)c2ccc(NC3=C(Cl)C(=O)N(c4cccc(C(F)(F)F)c4)C3=O)cc2)c(C)c1. The minimum absolute atomic E-state index is 0.236. The smallest absolute Gasteiger partial charge is 0.416 e. The molecule has 6 nitrogen and oxygen atoms in total. The van der Waals surface area contributed by atoms with Gasteiger partial charge in [0.25, 0.3) is 11.8 Å². The number of nitrogens with one attached hydrogen (secondary N) is 1. The van der Waals surface area contributed by atoms with E-state index in [0.717, 1.165) is 23.3 Å². The van der Waals surface area contributed by atoms with Gasteiger partial charge in [-0.15, -0.1) is 0 Å². The number of imide groups is 1. The average Bonchev–Trinajstić information content (AvgIpc) is 3.04. The van der Waals surface area contributed by atoms with Crippen LogP contribution in [0.3, 0.4) is 0 Å². The molecule has 1 N–H and O–H groups in total. The number of amides is 2. The molecule has 0 atom stereocenters. The lowest BCUT2D eigenvalue weighted by atomic mass is 10.1. The molecule has 0 saturated heterocycles. The van der Waals surface area contributed by atoms with Crippen molar-refractivity contribution in [3.8, 4) is 5.75 Å². The van der Waals surface area contributed by atoms with E-state index in [4.69, 9.17) is 16.3 Å². The quantitative estimate of drug-likeness (QED) is 0.258. The summed E-state index contributed by atoms with van der Waals surface area (Å²) in [6.07, 6.45) is -4.65. The topological polar surface area (TPSA) is 75.7 Å². The molecule has 0 saturated carbocycles. The molecule has 0 aliphatic carbocycles. The number of anilines is 2. The van der Waals surface area contributed by atoms with E-state index < -0.39 is 34.6 Å². The van der Waals surface area contributed by atoms with E-state index in [1.807, 2.05) is 26.0 Å². The summed E-state index contributed by atoms with van der Waals surface area (Å²) in [4.78, 5) is 38.5. The summed E-state index contributed by atoms with van der Waals surface area (Å²) >= 11 is 6.05. The van der Waals surface area contributed by atoms with Crippen LogP contribution in [0.1, 0.15) is 27.0 Å². The maximum Gasteiger partial charge on any atom is 0.416 e. The Balaban J connectivity index is 1.50. The normalized spacial score (nSPS) is 13.9. The fraction of sp³-hybridized carbons (Fsp3) is 0.115. The van der Waals surface area contributed by atoms with Gasteiger partial charge in [0, 0.05) is 5.69 Å². The van der Waals surface area contributed by atoms with Crippen molar-refractivity contribution >= 4 is 40.8 Å². The molecule has 0 bridgehead atoms. The van der Waals surface area contributed by atoms with Gasteiger partial charge in [-0.05, 0) is 67.9 Å². The second-order valence-electron chi connectivity index (χ2n) is 8.04. The van der Waals surface area contributed by atoms with Crippen molar-refractivity contribution in [2.45, 2.75) is 20.0 Å². The fourth-order valence-electron chi connectivity index (χ4n) is 3.57. The lowest BCUT2D eigenvalue weighted by Gasteiger charge is -2.17. The van der Waals surface area contributed by atoms with Crippen LogP contribution in [0, 0.1) is 13.8 Å². The number of hydrogen-bond acceptors (Lipinski definition) is 5. The summed E-state index contributed by atoms with van der Waals surface area (Å²) in [7, 11) is 0. The van der Waals surface area contributed by atoms with Gasteiger partial charge in [0.15, 0.2) is 0 Å². The Kier molecular flexibility index (Phi) is 6.60. The van der Waals surface area contributed by atoms with E-state index in [2.05, 4.69) is 5.32 Å². The predicted octanol–water partition coefficient (Wildman–Crippen LogP) is 5.98. The number of hydrogen-bond donors (Lipinski definition) is 1. The second kappa shape index (κ2) is 9.50. The van der Waals surface area contributed by atoms with Crippen LogP contribution in [0.4, 0.5) is 24.5 Å². The first-order valence-electron chi connectivity index (χ1n) is 10.6. The van der Waals surface area contributed by atoms with Crippen molar-refractivity contribution in [2.75, 3.05) is 10.2 Å². The van der Waals surface area contributed by atoms with E-state index >= 15 is 0 Å². The van der Waals surface area contributed by atoms with Gasteiger partial charge in [-0.3, -0.25) is 9.59 Å². The van der Waals surface area contributed by atoms with Crippen molar-refractivity contribution in [3.63, 3.8) is 0 Å². The number of nitrogens with zero attached hydrogens (tertiary/aromatic N) is 1. The van der Waals surface area contributed by atoms with E-state index in [-0.39, 0.29) is 16.9 Å². The molecule has 1 heterocycles. The molecule has 3 aromatic rings. The minimum atomic E-state index is -4.65. The Bertz CT molecular complexity index is 1420. The molecular formula is C26H18ClF3N2O4. The van der Waals surface area contributed by atoms with Crippen LogP contribution in [0.15, 0.2) is 77.5 Å². The summed E-state index contributed by atoms with van der Waals surface area (Å²) in [5.41, 5.74) is 0.809. The maximum atomic E-state index is 13.1. The van der Waals surface area contributed by atoms with Crippen molar-refractivity contribution in [1.29, 1.82) is 0 Å². The molecule has 0 radical (unpaired) electrons. The molecule has 36 heavy (non-hydrogen) atoms. The summed E-state index contributed by atoms with van der Waals surface area (Å²) in [6.45, 7) is 3.75. The molecule has 3 aromatic carbocycles. The zero-order valence-corrected chi connectivity index (χ0v) is 19.7. The highest BCUT2D eigenvalue weighted by Gasteiger charge is 2.40. The number of rotatable bonds is 5. The van der Waals surface area contributed by atoms with E-state index in [1.54, 1.807) is 6.07 Å². The fourth-order valence-corrected chi connectivity index (χ4v) is 3.79. The summed E-state index contributed by atoms with van der Waals surface area (Å²) < 4.78 is 44.6. The predicted molar refractivity (Wildman–Crippen MR) is 128 cm³/mol. The number of halogens is 4. The van der Waals surface area contributed by atoms with Crippen LogP contribution in [-0.2, 0) is 15.8 Å². The first-order valence-corrected chi connectivity index (χ1v) is 11.0. The highest BCUT2D eigenvalue weighted by atomic mass is 35.5. The number of esters is 1. The molecule has 0 fully saturated rings. The zero-order valence-electron chi connectivity index (χ0n) is 18.9. The lowest BCUT2D eigenvalue weighted by molar-refractivity contribution is -0.137. The number of alkyl halides is 3. The number of aryl methyl sites for hydroxylation is 2. The third-order valence-electron chi connectivity index (χ3n) is 5.38. The van der Waals surface area contributed by atoms with Gasteiger partial charge in [-0.25, -0.2) is 9.69 Å². The van der Waals surface area contributed by atoms with E-state index in [9.17, 15) is 27.6 Å². The first kappa shape index (κ1) is 25.0. The third kappa shape index (κ3) is 4.96. The van der Waals surface area contributed by atoms with Gasteiger partial charge in [-0.1, -0.05) is 35.4 Å². The molecule has 0 aromatic heterocycles. The molecule has 2 amide bonds. The number of benzene rings is 3. The average molecular weight is 515 g/mol. The number of ether oxygens (including phenoxy) is 1. The molecule has 0 unspecified atom stereocenters. The van der Waals surface area contributed by atoms with Gasteiger partial charge >= 0.3 is 12.1 Å². The largest absolute Gasteiger partial charge is 0.423 e. The van der Waals surface area contributed by atoms with E-state index in [0.29, 0.717) is 22.4 Å². The molecule has 10 heteroatoms. The molecule has 1 aliphatic rings. The molecule has 1 aliphatic heterocycles. The van der Waals surface area contributed by atoms with Crippen LogP contribution in [0.5, 0.6) is 5.75 Å². The Labute approximate surface area is 208 Å². The van der Waals surface area contributed by atoms with Crippen molar-refractivity contribution in [1.82, 2.24) is 0 Å². The van der Waals surface area contributed by atoms with Crippen molar-refractivity contribution in [2.24, 2.45) is 0 Å². The molecule has 184 valence electrons. The Morgan fingerprint density at radius 2 is 1.64 bits per heavy atom. The standard InChI is InChI=1S/C26H18ClF3N2O4/c1-14-6-11-20(15(2)12-14)36-25(35)16-7-9-18(10-8-16)31-22-21(27)23(33)32(24(22)34)19-5-3-4-17(13-19)26(28,29)30/h3-13,31H,1-2H3. The zero-order chi connectivity index (χ0) is 26.2. The minimum Gasteiger partial charge on any atom is -0.423 e. The van der Waals surface area contributed by atoms with E-state index in [1.165, 1.54) is 30.3 Å². The van der Waals surface area contributed by atoms with Gasteiger partial charge in [0.1, 0.15) is 16.5 Å². The summed E-state index contributed by atoms with van der Waals surface area (Å²) in [5, 5.41) is 2.23. The Morgan fingerprint density at radius 1 is 0.944 bits per heavy atom. The van der Waals surface area contributed by atoms with Crippen LogP contribution in [-0.4, -0.2) is 17.8 Å². The van der Waals surface area contributed by atoms with Gasteiger partial charge in [0.05, 0.1) is 16.8 Å². The van der Waals surface area contributed by atoms with Crippen molar-refractivity contribution in [3.05, 3.63) is 99.7 Å². The highest BCUT2D eigenvalue weighted by Crippen LogP contribution is 2.35. The third-order valence-corrected chi connectivity index (χ3v) is 5.73. The van der Waals surface area contributed by atoms with Crippen LogP contribution in [0.25, 0.3) is 0 Å². The second-order valence-corrected chi connectivity index (χ2v) is 8.42. The summed E-state index contributed by atoms with van der Waals surface area (Å²) in [6, 6.07) is 15.1. The van der Waals surface area contributed by atoms with Crippen LogP contribution < -0.4 is 15.0 Å². The number of carbonyl (C=O) groups excluding carboxylic acids is 3. The highest BCUT2D eigenvalue weighted by molar-refractivity contribution is 6.53. The monoisotopic (exact) mass is 514 g/mol. The van der Waals surface area contributed by atoms with Crippen LogP contribution in [0.2, 0.25) is 0 Å². The van der Waals surface area contributed by atoms with Gasteiger partial charge < -0.3 is 10.1 Å². The van der Waals surface area contributed by atoms with Crippen LogP contribution >= 0.6 is 11.6 Å². The van der Waals surface area contributed by atoms with Crippen molar-refractivity contribution < 1.29 is 32.3 Å². The lowest BCUT2D eigenvalue weighted by Crippen LogP contribution is -2.32.